The van der Waals surface area contributed by atoms with Crippen molar-refractivity contribution < 1.29 is 22.7 Å². The van der Waals surface area contributed by atoms with Gasteiger partial charge < -0.3 is 9.67 Å². The Morgan fingerprint density at radius 3 is 2.29 bits per heavy atom. The highest BCUT2D eigenvalue weighted by Crippen LogP contribution is 2.33. The fraction of sp³-hybridized carbons (Fsp3) is 0.250. The number of carboxylic acids is 1. The zero-order chi connectivity index (χ0) is 23.1. The number of sulfonamides is 1. The fourth-order valence-corrected chi connectivity index (χ4v) is 4.14. The van der Waals surface area contributed by atoms with Crippen LogP contribution in [0.25, 0.3) is 11.4 Å². The molecule has 0 radical (unpaired) electrons. The maximum atomic E-state index is 14.2. The Morgan fingerprint density at radius 2 is 1.77 bits per heavy atom. The quantitative estimate of drug-likeness (QED) is 0.585. The number of anilines is 1. The number of rotatable bonds is 5. The van der Waals surface area contributed by atoms with Crippen molar-refractivity contribution in [2.24, 2.45) is 7.05 Å². The molecule has 2 N–H and O–H groups in total. The zero-order valence-corrected chi connectivity index (χ0v) is 18.7. The summed E-state index contributed by atoms with van der Waals surface area (Å²) in [7, 11) is -2.70. The minimum absolute atomic E-state index is 0.0000745. The van der Waals surface area contributed by atoms with Gasteiger partial charge in [0.15, 0.2) is 5.82 Å². The Labute approximate surface area is 183 Å². The molecule has 11 heteroatoms. The van der Waals surface area contributed by atoms with Crippen LogP contribution in [0.5, 0.6) is 0 Å². The molecule has 1 aromatic heterocycles. The van der Waals surface area contributed by atoms with Gasteiger partial charge >= 0.3 is 5.97 Å². The van der Waals surface area contributed by atoms with Gasteiger partial charge in [0.05, 0.1) is 15.6 Å². The first-order chi connectivity index (χ1) is 14.3. The molecule has 8 nitrogen and oxygen atoms in total. The van der Waals surface area contributed by atoms with E-state index < -0.39 is 21.8 Å². The number of carbonyl (C=O) groups is 1. The number of nitrogens with zero attached hydrogens (tertiary/aromatic N) is 3. The summed E-state index contributed by atoms with van der Waals surface area (Å²) in [4.78, 5) is 11.2. The molecule has 0 bridgehead atoms. The van der Waals surface area contributed by atoms with Crippen molar-refractivity contribution in [2.45, 2.75) is 31.1 Å². The third kappa shape index (κ3) is 4.54. The lowest BCUT2D eigenvalue weighted by molar-refractivity contribution is 0.0679. The van der Waals surface area contributed by atoms with Crippen LogP contribution in [0.4, 0.5) is 10.1 Å². The van der Waals surface area contributed by atoms with Crippen LogP contribution in [0.3, 0.4) is 0 Å². The Balaban J connectivity index is 2.07. The number of nitrogens with one attached hydrogen (secondary N) is 1. The summed E-state index contributed by atoms with van der Waals surface area (Å²) >= 11 is 5.88. The molecule has 1 heterocycles. The van der Waals surface area contributed by atoms with Crippen molar-refractivity contribution in [1.82, 2.24) is 14.8 Å². The topological polar surface area (TPSA) is 114 Å². The zero-order valence-electron chi connectivity index (χ0n) is 17.1. The van der Waals surface area contributed by atoms with Gasteiger partial charge in [0.25, 0.3) is 10.0 Å². The fourth-order valence-electron chi connectivity index (χ4n) is 2.90. The molecular weight excluding hydrogens is 447 g/mol. The van der Waals surface area contributed by atoms with Crippen LogP contribution >= 0.6 is 11.6 Å². The van der Waals surface area contributed by atoms with E-state index in [-0.39, 0.29) is 38.2 Å². The lowest BCUT2D eigenvalue weighted by Gasteiger charge is -2.19. The normalized spacial score (nSPS) is 12.1. The predicted octanol–water partition coefficient (Wildman–Crippen LogP) is 4.07. The molecule has 0 aliphatic carbocycles. The molecule has 0 unspecified atom stereocenters. The molecule has 3 aromatic rings. The van der Waals surface area contributed by atoms with Gasteiger partial charge in [-0.15, -0.1) is 10.2 Å². The standard InChI is InChI=1S/C20H20ClFN4O4S/c1-20(2,3)11-5-7-12(8-6-11)31(29,30)25-16-10-15(22)14(21)9-13(16)17-23-24-18(19(27)28)26(17)4/h5-10,25H,1-4H3,(H,27,28). The van der Waals surface area contributed by atoms with Crippen LogP contribution in [-0.4, -0.2) is 34.3 Å². The largest absolute Gasteiger partial charge is 0.475 e. The van der Waals surface area contributed by atoms with Crippen molar-refractivity contribution in [3.8, 4) is 11.4 Å². The van der Waals surface area contributed by atoms with Crippen molar-refractivity contribution in [2.75, 3.05) is 4.72 Å². The van der Waals surface area contributed by atoms with Crippen molar-refractivity contribution in [3.63, 3.8) is 0 Å². The SMILES string of the molecule is Cn1c(C(=O)O)nnc1-c1cc(Cl)c(F)cc1NS(=O)(=O)c1ccc(C(C)(C)C)cc1. The third-order valence-electron chi connectivity index (χ3n) is 4.64. The van der Waals surface area contributed by atoms with E-state index in [1.165, 1.54) is 19.2 Å². The second kappa shape index (κ2) is 7.93. The van der Waals surface area contributed by atoms with Gasteiger partial charge in [-0.3, -0.25) is 4.72 Å². The Morgan fingerprint density at radius 1 is 1.16 bits per heavy atom. The highest BCUT2D eigenvalue weighted by atomic mass is 35.5. The van der Waals surface area contributed by atoms with Crippen molar-refractivity contribution in [3.05, 3.63) is 58.6 Å². The summed E-state index contributed by atoms with van der Waals surface area (Å²) in [5, 5.41) is 16.3. The second-order valence-corrected chi connectivity index (χ2v) is 9.99. The molecule has 0 atom stereocenters. The van der Waals surface area contributed by atoms with Crippen LogP contribution in [0.15, 0.2) is 41.3 Å². The molecule has 31 heavy (non-hydrogen) atoms. The van der Waals surface area contributed by atoms with E-state index in [0.717, 1.165) is 22.3 Å². The molecule has 0 spiro atoms. The third-order valence-corrected chi connectivity index (χ3v) is 6.31. The molecule has 0 aliphatic heterocycles. The Hall–Kier alpha value is -2.98. The van der Waals surface area contributed by atoms with E-state index in [1.807, 2.05) is 20.8 Å². The van der Waals surface area contributed by atoms with Gasteiger partial charge in [0.2, 0.25) is 5.82 Å². The smallest absolute Gasteiger partial charge is 0.374 e. The number of hydrogen-bond acceptors (Lipinski definition) is 5. The van der Waals surface area contributed by atoms with Crippen LogP contribution in [-0.2, 0) is 22.5 Å². The maximum Gasteiger partial charge on any atom is 0.374 e. The maximum absolute atomic E-state index is 14.2. The summed E-state index contributed by atoms with van der Waals surface area (Å²) in [6.07, 6.45) is 0. The Bertz CT molecular complexity index is 1270. The van der Waals surface area contributed by atoms with E-state index in [9.17, 15) is 22.7 Å². The van der Waals surface area contributed by atoms with Gasteiger partial charge in [-0.25, -0.2) is 17.6 Å². The number of aromatic carboxylic acids is 1. The van der Waals surface area contributed by atoms with Crippen LogP contribution in [0.2, 0.25) is 5.02 Å². The Kier molecular flexibility index (Phi) is 5.81. The molecule has 0 amide bonds. The summed E-state index contributed by atoms with van der Waals surface area (Å²) in [6.45, 7) is 6.01. The van der Waals surface area contributed by atoms with Gasteiger partial charge in [0, 0.05) is 18.7 Å². The highest BCUT2D eigenvalue weighted by Gasteiger charge is 2.24. The van der Waals surface area contributed by atoms with Gasteiger partial charge in [-0.2, -0.15) is 0 Å². The lowest BCUT2D eigenvalue weighted by Crippen LogP contribution is -2.16. The van der Waals surface area contributed by atoms with Crippen molar-refractivity contribution >= 4 is 33.3 Å². The summed E-state index contributed by atoms with van der Waals surface area (Å²) in [6, 6.07) is 8.40. The minimum Gasteiger partial charge on any atom is -0.475 e. The van der Waals surface area contributed by atoms with Crippen LogP contribution < -0.4 is 4.72 Å². The van der Waals surface area contributed by atoms with E-state index in [1.54, 1.807) is 12.1 Å². The summed E-state index contributed by atoms with van der Waals surface area (Å²) in [5.41, 5.74) is 0.706. The van der Waals surface area contributed by atoms with Gasteiger partial charge in [0.1, 0.15) is 5.82 Å². The molecule has 3 rings (SSSR count). The molecule has 0 fully saturated rings. The molecule has 2 aromatic carbocycles. The molecule has 164 valence electrons. The summed E-state index contributed by atoms with van der Waals surface area (Å²) < 4.78 is 43.5. The number of hydrogen-bond donors (Lipinski definition) is 2. The number of benzene rings is 2. The van der Waals surface area contributed by atoms with E-state index in [0.29, 0.717) is 0 Å². The lowest BCUT2D eigenvalue weighted by atomic mass is 9.87. The monoisotopic (exact) mass is 466 g/mol. The van der Waals surface area contributed by atoms with Gasteiger partial charge in [-0.05, 0) is 29.2 Å². The first-order valence-electron chi connectivity index (χ1n) is 9.06. The molecular formula is C20H20ClFN4O4S. The number of aromatic nitrogens is 3. The van der Waals surface area contributed by atoms with E-state index in [2.05, 4.69) is 14.9 Å². The molecule has 0 aliphatic rings. The average Bonchev–Trinajstić information content (AvgIpc) is 3.05. The first-order valence-corrected chi connectivity index (χ1v) is 10.9. The van der Waals surface area contributed by atoms with Gasteiger partial charge in [-0.1, -0.05) is 44.5 Å². The first kappa shape index (κ1) is 22.7. The predicted molar refractivity (Wildman–Crippen MR) is 114 cm³/mol. The second-order valence-electron chi connectivity index (χ2n) is 7.90. The molecule has 0 saturated heterocycles. The van der Waals surface area contributed by atoms with Crippen molar-refractivity contribution in [1.29, 1.82) is 0 Å². The molecule has 0 saturated carbocycles. The highest BCUT2D eigenvalue weighted by molar-refractivity contribution is 7.92. The number of carboxylic acid groups (broad SMARTS) is 1. The van der Waals surface area contributed by atoms with Crippen LogP contribution in [0, 0.1) is 5.82 Å². The number of halogens is 2. The van der Waals surface area contributed by atoms with Crippen LogP contribution in [0.1, 0.15) is 37.0 Å². The van der Waals surface area contributed by atoms with E-state index >= 15 is 0 Å². The average molecular weight is 467 g/mol. The van der Waals surface area contributed by atoms with E-state index in [4.69, 9.17) is 11.6 Å². The summed E-state index contributed by atoms with van der Waals surface area (Å²) in [5.74, 6) is -2.55. The minimum atomic E-state index is -4.09.